The largest absolute Gasteiger partial charge is 0.325 e. The van der Waals surface area contributed by atoms with Crippen molar-refractivity contribution >= 4 is 34.3 Å². The van der Waals surface area contributed by atoms with Crippen molar-refractivity contribution in [1.82, 2.24) is 4.98 Å². The highest BCUT2D eigenvalue weighted by Gasteiger charge is 2.16. The van der Waals surface area contributed by atoms with Crippen LogP contribution in [0.5, 0.6) is 0 Å². The summed E-state index contributed by atoms with van der Waals surface area (Å²) in [6, 6.07) is 16.1. The molecule has 0 bridgehead atoms. The number of amides is 1. The van der Waals surface area contributed by atoms with Gasteiger partial charge >= 0.3 is 0 Å². The van der Waals surface area contributed by atoms with E-state index in [2.05, 4.69) is 43.4 Å². The van der Waals surface area contributed by atoms with Crippen LogP contribution in [0, 0.1) is 20.8 Å². The van der Waals surface area contributed by atoms with E-state index in [1.165, 1.54) is 28.3 Å². The smallest absolute Gasteiger partial charge is 0.237 e. The lowest BCUT2D eigenvalue weighted by molar-refractivity contribution is -0.115. The second kappa shape index (κ2) is 7.28. The molecule has 0 fully saturated rings. The monoisotopic (exact) mass is 350 g/mol. The Bertz CT molecular complexity index is 919. The number of nitrogens with zero attached hydrogens (tertiary/aromatic N) is 1. The normalized spacial score (nSPS) is 12.2. The lowest BCUT2D eigenvalue weighted by Gasteiger charge is -2.13. The average molecular weight is 350 g/mol. The number of hydrogen-bond acceptors (Lipinski definition) is 3. The number of aryl methyl sites for hydroxylation is 3. The predicted molar refractivity (Wildman–Crippen MR) is 106 cm³/mol. The number of carbonyl (C=O) groups excluding carboxylic acids is 1. The summed E-state index contributed by atoms with van der Waals surface area (Å²) in [5.41, 5.74) is 5.34. The zero-order valence-corrected chi connectivity index (χ0v) is 15.8. The number of aromatic nitrogens is 1. The van der Waals surface area contributed by atoms with E-state index in [0.29, 0.717) is 0 Å². The summed E-state index contributed by atoms with van der Waals surface area (Å²) in [6.07, 6.45) is 0. The molecule has 1 N–H and O–H groups in total. The van der Waals surface area contributed by atoms with Crippen molar-refractivity contribution in [2.24, 2.45) is 0 Å². The van der Waals surface area contributed by atoms with Crippen molar-refractivity contribution in [3.63, 3.8) is 0 Å². The Kier molecular flexibility index (Phi) is 5.09. The molecular formula is C21H22N2OS. The zero-order chi connectivity index (χ0) is 18.0. The quantitative estimate of drug-likeness (QED) is 0.651. The Hall–Kier alpha value is -2.33. The molecule has 0 saturated heterocycles. The molecule has 2 aromatic carbocycles. The van der Waals surface area contributed by atoms with E-state index in [4.69, 9.17) is 4.98 Å². The summed E-state index contributed by atoms with van der Waals surface area (Å²) in [6.45, 7) is 8.09. The summed E-state index contributed by atoms with van der Waals surface area (Å²) in [4.78, 5) is 17.2. The first-order valence-electron chi connectivity index (χ1n) is 8.35. The highest BCUT2D eigenvalue weighted by Crippen LogP contribution is 2.28. The minimum absolute atomic E-state index is 0.0156. The molecule has 0 aliphatic rings. The van der Waals surface area contributed by atoms with Gasteiger partial charge in [-0.05, 0) is 57.0 Å². The van der Waals surface area contributed by atoms with E-state index in [1.807, 2.05) is 38.1 Å². The second-order valence-corrected chi connectivity index (χ2v) is 7.72. The Balaban J connectivity index is 1.77. The minimum Gasteiger partial charge on any atom is -0.325 e. The van der Waals surface area contributed by atoms with Crippen molar-refractivity contribution in [3.05, 3.63) is 65.2 Å². The number of para-hydroxylation sites is 1. The summed E-state index contributed by atoms with van der Waals surface area (Å²) >= 11 is 1.49. The lowest BCUT2D eigenvalue weighted by Crippen LogP contribution is -2.22. The predicted octanol–water partition coefficient (Wildman–Crippen LogP) is 5.28. The molecule has 128 valence electrons. The summed E-state index contributed by atoms with van der Waals surface area (Å²) < 4.78 is 0. The van der Waals surface area contributed by atoms with Gasteiger partial charge in [0, 0.05) is 11.1 Å². The van der Waals surface area contributed by atoms with Gasteiger partial charge in [0.05, 0.1) is 15.8 Å². The van der Waals surface area contributed by atoms with Crippen LogP contribution in [-0.4, -0.2) is 16.1 Å². The summed E-state index contributed by atoms with van der Waals surface area (Å²) in [5, 5.41) is 4.79. The Morgan fingerprint density at radius 1 is 1.04 bits per heavy atom. The van der Waals surface area contributed by atoms with Gasteiger partial charge in [-0.1, -0.05) is 47.7 Å². The number of hydrogen-bond donors (Lipinski definition) is 1. The maximum Gasteiger partial charge on any atom is 0.237 e. The number of benzene rings is 2. The van der Waals surface area contributed by atoms with Gasteiger partial charge in [-0.15, -0.1) is 0 Å². The molecule has 0 spiro atoms. The van der Waals surface area contributed by atoms with E-state index in [1.54, 1.807) is 0 Å². The highest BCUT2D eigenvalue weighted by atomic mass is 32.2. The molecule has 25 heavy (non-hydrogen) atoms. The molecule has 0 saturated carbocycles. The Morgan fingerprint density at radius 3 is 2.48 bits per heavy atom. The third-order valence-corrected chi connectivity index (χ3v) is 5.23. The fourth-order valence-electron chi connectivity index (χ4n) is 2.71. The molecule has 1 amide bonds. The fraction of sp³-hybridized carbons (Fsp3) is 0.238. The zero-order valence-electron chi connectivity index (χ0n) is 15.0. The molecular weight excluding hydrogens is 328 g/mol. The number of pyridine rings is 1. The average Bonchev–Trinajstić information content (AvgIpc) is 2.58. The number of carbonyl (C=O) groups is 1. The Labute approximate surface area is 152 Å². The first-order chi connectivity index (χ1) is 11.9. The van der Waals surface area contributed by atoms with Gasteiger partial charge in [0.25, 0.3) is 0 Å². The van der Waals surface area contributed by atoms with Crippen molar-refractivity contribution in [2.45, 2.75) is 38.0 Å². The van der Waals surface area contributed by atoms with Crippen LogP contribution in [0.15, 0.2) is 53.6 Å². The SMILES string of the molecule is Cc1ccc(NC(=O)[C@H](C)Sc2cc(C)c3cccc(C)c3n2)cc1. The molecule has 1 aromatic heterocycles. The number of nitrogens with one attached hydrogen (secondary N) is 1. The summed E-state index contributed by atoms with van der Waals surface area (Å²) in [7, 11) is 0. The van der Waals surface area contributed by atoms with Gasteiger partial charge in [0.1, 0.15) is 0 Å². The molecule has 0 aliphatic heterocycles. The van der Waals surface area contributed by atoms with E-state index in [0.717, 1.165) is 21.8 Å². The molecule has 3 aromatic rings. The molecule has 1 atom stereocenters. The lowest BCUT2D eigenvalue weighted by atomic mass is 10.1. The minimum atomic E-state index is -0.227. The van der Waals surface area contributed by atoms with Crippen molar-refractivity contribution in [1.29, 1.82) is 0 Å². The van der Waals surface area contributed by atoms with E-state index < -0.39 is 0 Å². The number of thioether (sulfide) groups is 1. The van der Waals surface area contributed by atoms with Crippen molar-refractivity contribution < 1.29 is 4.79 Å². The van der Waals surface area contributed by atoms with Crippen LogP contribution >= 0.6 is 11.8 Å². The molecule has 1 heterocycles. The van der Waals surface area contributed by atoms with Gasteiger partial charge < -0.3 is 5.32 Å². The van der Waals surface area contributed by atoms with Gasteiger partial charge in [0.15, 0.2) is 0 Å². The fourth-order valence-corrected chi connectivity index (χ4v) is 3.62. The number of rotatable bonds is 4. The van der Waals surface area contributed by atoms with E-state index in [9.17, 15) is 4.79 Å². The van der Waals surface area contributed by atoms with Crippen LogP contribution in [0.3, 0.4) is 0 Å². The van der Waals surface area contributed by atoms with Crippen molar-refractivity contribution in [2.75, 3.05) is 5.32 Å². The van der Waals surface area contributed by atoms with Crippen LogP contribution in [0.2, 0.25) is 0 Å². The molecule has 0 aliphatic carbocycles. The molecule has 4 heteroatoms. The van der Waals surface area contributed by atoms with Crippen molar-refractivity contribution in [3.8, 4) is 0 Å². The second-order valence-electron chi connectivity index (χ2n) is 6.36. The van der Waals surface area contributed by atoms with Gasteiger partial charge in [0.2, 0.25) is 5.91 Å². The molecule has 3 rings (SSSR count). The maximum absolute atomic E-state index is 12.5. The van der Waals surface area contributed by atoms with E-state index in [-0.39, 0.29) is 11.2 Å². The first kappa shape index (κ1) is 17.5. The first-order valence-corrected chi connectivity index (χ1v) is 9.23. The summed E-state index contributed by atoms with van der Waals surface area (Å²) in [5.74, 6) is -0.0156. The van der Waals surface area contributed by atoms with Gasteiger partial charge in [-0.2, -0.15) is 0 Å². The molecule has 0 unspecified atom stereocenters. The van der Waals surface area contributed by atoms with Gasteiger partial charge in [-0.25, -0.2) is 4.98 Å². The Morgan fingerprint density at radius 2 is 1.76 bits per heavy atom. The van der Waals surface area contributed by atoms with Crippen LogP contribution < -0.4 is 5.32 Å². The standard InChI is InChI=1S/C21H22N2OS/c1-13-8-10-17(11-9-13)22-21(24)16(4)25-19-12-15(3)18-7-5-6-14(2)20(18)23-19/h5-12,16H,1-4H3,(H,22,24)/t16-/m0/s1. The van der Waals surface area contributed by atoms with Crippen LogP contribution in [0.1, 0.15) is 23.6 Å². The highest BCUT2D eigenvalue weighted by molar-refractivity contribution is 8.00. The number of anilines is 1. The molecule has 0 radical (unpaired) electrons. The van der Waals surface area contributed by atoms with E-state index >= 15 is 0 Å². The maximum atomic E-state index is 12.5. The van der Waals surface area contributed by atoms with Crippen LogP contribution in [-0.2, 0) is 4.79 Å². The van der Waals surface area contributed by atoms with Gasteiger partial charge in [-0.3, -0.25) is 4.79 Å². The molecule has 3 nitrogen and oxygen atoms in total. The van der Waals surface area contributed by atoms with Crippen LogP contribution in [0.25, 0.3) is 10.9 Å². The number of fused-ring (bicyclic) bond motifs is 1. The topological polar surface area (TPSA) is 42.0 Å². The van der Waals surface area contributed by atoms with Crippen LogP contribution in [0.4, 0.5) is 5.69 Å². The third-order valence-electron chi connectivity index (χ3n) is 4.21. The third kappa shape index (κ3) is 4.02.